The van der Waals surface area contributed by atoms with Gasteiger partial charge in [-0.25, -0.2) is 13.1 Å². The lowest BCUT2D eigenvalue weighted by atomic mass is 10.3. The number of alkyl halides is 3. The summed E-state index contributed by atoms with van der Waals surface area (Å²) in [6.07, 6.45) is -5.64. The van der Waals surface area contributed by atoms with Crippen molar-refractivity contribution in [1.82, 2.24) is 4.72 Å². The predicted molar refractivity (Wildman–Crippen MR) is 70.7 cm³/mol. The second kappa shape index (κ2) is 7.27. The third kappa shape index (κ3) is 5.44. The smallest absolute Gasteiger partial charge is 0.406 e. The van der Waals surface area contributed by atoms with Gasteiger partial charge in [0.2, 0.25) is 10.0 Å². The zero-order valence-corrected chi connectivity index (χ0v) is 12.9. The van der Waals surface area contributed by atoms with Crippen LogP contribution in [0.4, 0.5) is 13.2 Å². The summed E-state index contributed by atoms with van der Waals surface area (Å²) in [6, 6.07) is 3.13. The Morgan fingerprint density at radius 3 is 2.00 bits per heavy atom. The van der Waals surface area contributed by atoms with Crippen molar-refractivity contribution < 1.29 is 35.8 Å². The fourth-order valence-corrected chi connectivity index (χ4v) is 2.92. The van der Waals surface area contributed by atoms with Gasteiger partial charge in [0, 0.05) is 14.2 Å². The molecular formula is C12H16F3NO5S. The van der Waals surface area contributed by atoms with Crippen LogP contribution in [0.3, 0.4) is 0 Å². The first kappa shape index (κ1) is 18.7. The predicted octanol–water partition coefficient (Wildman–Crippen LogP) is 1.87. The highest BCUT2D eigenvalue weighted by Crippen LogP contribution is 2.24. The average Bonchev–Trinajstić information content (AvgIpc) is 2.38. The lowest BCUT2D eigenvalue weighted by Gasteiger charge is -2.22. The molecule has 1 rings (SSSR count). The van der Waals surface area contributed by atoms with Gasteiger partial charge in [-0.1, -0.05) is 0 Å². The van der Waals surface area contributed by atoms with Crippen molar-refractivity contribution in [2.24, 2.45) is 0 Å². The van der Waals surface area contributed by atoms with Crippen molar-refractivity contribution >= 4 is 10.0 Å². The molecule has 126 valence electrons. The lowest BCUT2D eigenvalue weighted by molar-refractivity contribution is -0.274. The summed E-state index contributed by atoms with van der Waals surface area (Å²) >= 11 is 0. The molecule has 0 spiro atoms. The molecule has 0 amide bonds. The summed E-state index contributed by atoms with van der Waals surface area (Å²) in [5, 5.41) is 0. The Balaban J connectivity index is 2.85. The van der Waals surface area contributed by atoms with E-state index in [0.717, 1.165) is 24.3 Å². The van der Waals surface area contributed by atoms with E-state index in [0.29, 0.717) is 0 Å². The topological polar surface area (TPSA) is 73.9 Å². The second-order valence-corrected chi connectivity index (χ2v) is 5.98. The van der Waals surface area contributed by atoms with Gasteiger partial charge in [-0.2, -0.15) is 0 Å². The van der Waals surface area contributed by atoms with Gasteiger partial charge in [-0.05, 0) is 31.2 Å². The van der Waals surface area contributed by atoms with Crippen molar-refractivity contribution in [3.05, 3.63) is 24.3 Å². The number of benzene rings is 1. The molecule has 22 heavy (non-hydrogen) atoms. The first-order chi connectivity index (χ1) is 10.1. The van der Waals surface area contributed by atoms with Crippen LogP contribution < -0.4 is 9.46 Å². The number of rotatable bonds is 7. The molecule has 1 aromatic rings. The number of hydrogen-bond donors (Lipinski definition) is 1. The van der Waals surface area contributed by atoms with Crippen molar-refractivity contribution in [1.29, 1.82) is 0 Å². The third-order valence-electron chi connectivity index (χ3n) is 2.58. The van der Waals surface area contributed by atoms with Gasteiger partial charge in [0.05, 0.1) is 10.9 Å². The number of sulfonamides is 1. The zero-order valence-electron chi connectivity index (χ0n) is 12.0. The minimum atomic E-state index is -4.84. The molecule has 0 saturated heterocycles. The highest BCUT2D eigenvalue weighted by Gasteiger charge is 2.31. The maximum absolute atomic E-state index is 12.1. The van der Waals surface area contributed by atoms with Crippen LogP contribution in [0.5, 0.6) is 5.75 Å². The van der Waals surface area contributed by atoms with E-state index in [1.54, 1.807) is 0 Å². The van der Waals surface area contributed by atoms with E-state index in [9.17, 15) is 21.6 Å². The standard InChI is InChI=1S/C12H16F3NO5S/c1-8(11(19-2)20-3)16-22(17,18)10-6-4-9(5-7-10)21-12(13,14)15/h4-8,11,16H,1-3H3. The van der Waals surface area contributed by atoms with Crippen LogP contribution in [0.2, 0.25) is 0 Å². The molecule has 0 bridgehead atoms. The number of halogens is 3. The van der Waals surface area contributed by atoms with E-state index >= 15 is 0 Å². The van der Waals surface area contributed by atoms with E-state index < -0.39 is 34.5 Å². The van der Waals surface area contributed by atoms with Crippen molar-refractivity contribution in [2.45, 2.75) is 30.5 Å². The van der Waals surface area contributed by atoms with Crippen LogP contribution in [-0.4, -0.2) is 41.3 Å². The quantitative estimate of drug-likeness (QED) is 0.765. The Kier molecular flexibility index (Phi) is 6.17. The fraction of sp³-hybridized carbons (Fsp3) is 0.500. The lowest BCUT2D eigenvalue weighted by Crippen LogP contribution is -2.42. The monoisotopic (exact) mass is 343 g/mol. The summed E-state index contributed by atoms with van der Waals surface area (Å²) in [5.41, 5.74) is 0. The van der Waals surface area contributed by atoms with Crippen LogP contribution in [-0.2, 0) is 19.5 Å². The van der Waals surface area contributed by atoms with Gasteiger partial charge in [-0.3, -0.25) is 0 Å². The Morgan fingerprint density at radius 1 is 1.09 bits per heavy atom. The molecule has 0 aliphatic heterocycles. The maximum atomic E-state index is 12.1. The summed E-state index contributed by atoms with van der Waals surface area (Å²) in [6.45, 7) is 1.52. The van der Waals surface area contributed by atoms with E-state index in [4.69, 9.17) is 9.47 Å². The zero-order chi connectivity index (χ0) is 17.0. The molecule has 1 atom stereocenters. The molecule has 0 aliphatic carbocycles. The number of ether oxygens (including phenoxy) is 3. The summed E-state index contributed by atoms with van der Waals surface area (Å²) in [7, 11) is -1.23. The second-order valence-electron chi connectivity index (χ2n) is 4.27. The molecule has 1 unspecified atom stereocenters. The number of methoxy groups -OCH3 is 2. The highest BCUT2D eigenvalue weighted by atomic mass is 32.2. The fourth-order valence-electron chi connectivity index (χ4n) is 1.69. The molecule has 0 fully saturated rings. The van der Waals surface area contributed by atoms with Crippen LogP contribution >= 0.6 is 0 Å². The Labute approximate surface area is 126 Å². The van der Waals surface area contributed by atoms with Crippen molar-refractivity contribution in [2.75, 3.05) is 14.2 Å². The molecule has 0 aromatic heterocycles. The normalized spacial score (nSPS) is 14.1. The SMILES string of the molecule is COC(OC)C(C)NS(=O)(=O)c1ccc(OC(F)(F)F)cc1. The molecule has 0 aliphatic rings. The highest BCUT2D eigenvalue weighted by molar-refractivity contribution is 7.89. The van der Waals surface area contributed by atoms with Gasteiger partial charge in [0.1, 0.15) is 5.75 Å². The molecule has 1 N–H and O–H groups in total. The van der Waals surface area contributed by atoms with Crippen molar-refractivity contribution in [3.8, 4) is 5.75 Å². The first-order valence-electron chi connectivity index (χ1n) is 6.03. The largest absolute Gasteiger partial charge is 0.573 e. The molecule has 1 aromatic carbocycles. The Morgan fingerprint density at radius 2 is 1.59 bits per heavy atom. The summed E-state index contributed by atoms with van der Waals surface area (Å²) in [5.74, 6) is -0.508. The van der Waals surface area contributed by atoms with Crippen LogP contribution in [0.25, 0.3) is 0 Å². The van der Waals surface area contributed by atoms with Crippen molar-refractivity contribution in [3.63, 3.8) is 0 Å². The minimum absolute atomic E-state index is 0.208. The van der Waals surface area contributed by atoms with Crippen LogP contribution in [0.15, 0.2) is 29.2 Å². The minimum Gasteiger partial charge on any atom is -0.406 e. The molecule has 0 radical (unpaired) electrons. The molecule has 0 saturated carbocycles. The Hall–Kier alpha value is -1.36. The van der Waals surface area contributed by atoms with E-state index in [1.165, 1.54) is 21.1 Å². The van der Waals surface area contributed by atoms with Gasteiger partial charge >= 0.3 is 6.36 Å². The van der Waals surface area contributed by atoms with Crippen LogP contribution in [0, 0.1) is 0 Å². The summed E-state index contributed by atoms with van der Waals surface area (Å²) < 4.78 is 76.1. The van der Waals surface area contributed by atoms with Gasteiger partial charge < -0.3 is 14.2 Å². The molecule has 10 heteroatoms. The van der Waals surface area contributed by atoms with E-state index in [1.807, 2.05) is 0 Å². The van der Waals surface area contributed by atoms with Gasteiger partial charge in [-0.15, -0.1) is 13.2 Å². The van der Waals surface area contributed by atoms with E-state index in [2.05, 4.69) is 9.46 Å². The van der Waals surface area contributed by atoms with Crippen LogP contribution in [0.1, 0.15) is 6.92 Å². The molecule has 6 nitrogen and oxygen atoms in total. The van der Waals surface area contributed by atoms with E-state index in [-0.39, 0.29) is 4.90 Å². The number of hydrogen-bond acceptors (Lipinski definition) is 5. The summed E-state index contributed by atoms with van der Waals surface area (Å²) in [4.78, 5) is -0.208. The Bertz CT molecular complexity index is 569. The number of nitrogens with one attached hydrogen (secondary N) is 1. The maximum Gasteiger partial charge on any atom is 0.573 e. The third-order valence-corrected chi connectivity index (χ3v) is 4.16. The van der Waals surface area contributed by atoms with Gasteiger partial charge in [0.25, 0.3) is 0 Å². The first-order valence-corrected chi connectivity index (χ1v) is 7.51. The average molecular weight is 343 g/mol. The molecular weight excluding hydrogens is 327 g/mol. The molecule has 0 heterocycles. The van der Waals surface area contributed by atoms with Gasteiger partial charge in [0.15, 0.2) is 6.29 Å².